The Bertz CT molecular complexity index is 511. The zero-order chi connectivity index (χ0) is 12.3. The number of aryl methyl sites for hydroxylation is 1. The molecule has 2 aromatic heterocycles. The van der Waals surface area contributed by atoms with Crippen molar-refractivity contribution in [1.82, 2.24) is 19.7 Å². The number of rotatable bonds is 5. The number of aliphatic hydroxyl groups is 1. The predicted molar refractivity (Wildman–Crippen MR) is 59.6 cm³/mol. The Kier molecular flexibility index (Phi) is 3.50. The van der Waals surface area contributed by atoms with Gasteiger partial charge >= 0.3 is 0 Å². The van der Waals surface area contributed by atoms with Crippen LogP contribution in [-0.2, 0) is 18.4 Å². The summed E-state index contributed by atoms with van der Waals surface area (Å²) in [5.41, 5.74) is 2.14. The first-order valence-corrected chi connectivity index (χ1v) is 5.17. The molecule has 0 aliphatic heterocycles. The van der Waals surface area contributed by atoms with Gasteiger partial charge in [-0.25, -0.2) is 4.98 Å². The van der Waals surface area contributed by atoms with Crippen molar-refractivity contribution in [3.8, 4) is 5.88 Å². The first-order valence-electron chi connectivity index (χ1n) is 5.17. The maximum atomic E-state index is 8.65. The summed E-state index contributed by atoms with van der Waals surface area (Å²) in [5.74, 6) is 0.485. The highest BCUT2D eigenvalue weighted by molar-refractivity contribution is 5.81. The van der Waals surface area contributed by atoms with Crippen LogP contribution in [0.15, 0.2) is 6.33 Å². The van der Waals surface area contributed by atoms with Gasteiger partial charge in [0.15, 0.2) is 0 Å². The fraction of sp³-hybridized carbons (Fsp3) is 0.500. The van der Waals surface area contributed by atoms with Gasteiger partial charge in [0.1, 0.15) is 23.1 Å². The molecule has 1 N–H and O–H groups in total. The molecule has 2 heterocycles. The van der Waals surface area contributed by atoms with Crippen LogP contribution in [0.2, 0.25) is 0 Å². The fourth-order valence-electron chi connectivity index (χ4n) is 1.62. The minimum Gasteiger partial charge on any atom is -0.479 e. The molecule has 0 amide bonds. The van der Waals surface area contributed by atoms with E-state index in [1.807, 2.05) is 0 Å². The summed E-state index contributed by atoms with van der Waals surface area (Å²) in [6.45, 7) is 0.571. The lowest BCUT2D eigenvalue weighted by atomic mass is 10.3. The summed E-state index contributed by atoms with van der Waals surface area (Å²) in [4.78, 5) is 8.19. The first kappa shape index (κ1) is 11.7. The maximum Gasteiger partial charge on any atom is 0.243 e. The third kappa shape index (κ3) is 2.20. The molecule has 0 saturated heterocycles. The Morgan fingerprint density at radius 1 is 1.41 bits per heavy atom. The Morgan fingerprint density at radius 3 is 2.94 bits per heavy atom. The Balaban J connectivity index is 2.38. The van der Waals surface area contributed by atoms with Crippen LogP contribution in [0.1, 0.15) is 5.69 Å². The summed E-state index contributed by atoms with van der Waals surface area (Å²) in [5, 5.41) is 12.9. The molecule has 0 radical (unpaired) electrons. The SMILES string of the molecule is COc1ncnc2c(COCCO)nn(C)c12. The second kappa shape index (κ2) is 5.07. The average molecular weight is 238 g/mol. The highest BCUT2D eigenvalue weighted by Crippen LogP contribution is 2.23. The zero-order valence-electron chi connectivity index (χ0n) is 9.75. The predicted octanol–water partition coefficient (Wildman–Crippen LogP) is -0.119. The number of aliphatic hydroxyl groups excluding tert-OH is 1. The molecule has 92 valence electrons. The van der Waals surface area contributed by atoms with Crippen LogP contribution in [0.5, 0.6) is 5.88 Å². The number of methoxy groups -OCH3 is 1. The molecule has 0 fully saturated rings. The molecule has 0 aliphatic rings. The number of ether oxygens (including phenoxy) is 2. The van der Waals surface area contributed by atoms with Crippen LogP contribution in [0.3, 0.4) is 0 Å². The highest BCUT2D eigenvalue weighted by Gasteiger charge is 2.14. The summed E-state index contributed by atoms with van der Waals surface area (Å²) in [6, 6.07) is 0. The Hall–Kier alpha value is -1.73. The quantitative estimate of drug-likeness (QED) is 0.731. The monoisotopic (exact) mass is 238 g/mol. The first-order chi connectivity index (χ1) is 8.27. The summed E-state index contributed by atoms with van der Waals surface area (Å²) in [6.07, 6.45) is 1.43. The van der Waals surface area contributed by atoms with Crippen molar-refractivity contribution < 1.29 is 14.6 Å². The number of nitrogens with zero attached hydrogens (tertiary/aromatic N) is 4. The smallest absolute Gasteiger partial charge is 0.243 e. The minimum atomic E-state index is -0.0108. The minimum absolute atomic E-state index is 0.0108. The van der Waals surface area contributed by atoms with Gasteiger partial charge in [-0.15, -0.1) is 0 Å². The van der Waals surface area contributed by atoms with E-state index in [0.717, 1.165) is 5.52 Å². The van der Waals surface area contributed by atoms with Crippen molar-refractivity contribution in [3.05, 3.63) is 12.0 Å². The lowest BCUT2D eigenvalue weighted by Crippen LogP contribution is -2.00. The van der Waals surface area contributed by atoms with Crippen LogP contribution < -0.4 is 4.74 Å². The topological polar surface area (TPSA) is 82.3 Å². The van der Waals surface area contributed by atoms with Gasteiger partial charge in [-0.05, 0) is 0 Å². The normalized spacial score (nSPS) is 11.0. The van der Waals surface area contributed by atoms with Gasteiger partial charge in [-0.1, -0.05) is 0 Å². The van der Waals surface area contributed by atoms with E-state index in [1.54, 1.807) is 18.8 Å². The molecule has 0 aromatic carbocycles. The third-order valence-corrected chi connectivity index (χ3v) is 2.32. The van der Waals surface area contributed by atoms with Crippen LogP contribution >= 0.6 is 0 Å². The molecule has 0 unspecified atom stereocenters. The van der Waals surface area contributed by atoms with Crippen LogP contribution in [0.25, 0.3) is 11.0 Å². The Morgan fingerprint density at radius 2 is 2.24 bits per heavy atom. The van der Waals surface area contributed by atoms with Gasteiger partial charge in [-0.2, -0.15) is 10.1 Å². The largest absolute Gasteiger partial charge is 0.479 e. The number of fused-ring (bicyclic) bond motifs is 1. The number of hydrogen-bond donors (Lipinski definition) is 1. The zero-order valence-corrected chi connectivity index (χ0v) is 9.75. The van der Waals surface area contributed by atoms with Crippen molar-refractivity contribution in [1.29, 1.82) is 0 Å². The lowest BCUT2D eigenvalue weighted by molar-refractivity contribution is 0.0799. The van der Waals surface area contributed by atoms with E-state index >= 15 is 0 Å². The van der Waals surface area contributed by atoms with E-state index in [1.165, 1.54) is 6.33 Å². The molecule has 0 aliphatic carbocycles. The molecule has 0 atom stereocenters. The average Bonchev–Trinajstić information content (AvgIpc) is 2.67. The van der Waals surface area contributed by atoms with E-state index < -0.39 is 0 Å². The molecule has 2 rings (SSSR count). The second-order valence-electron chi connectivity index (χ2n) is 3.43. The number of hydrogen-bond acceptors (Lipinski definition) is 6. The molecule has 0 bridgehead atoms. The van der Waals surface area contributed by atoms with Gasteiger partial charge in [0, 0.05) is 7.05 Å². The summed E-state index contributed by atoms with van der Waals surface area (Å²) < 4.78 is 12.0. The molecule has 17 heavy (non-hydrogen) atoms. The van der Waals surface area contributed by atoms with E-state index in [-0.39, 0.29) is 13.2 Å². The van der Waals surface area contributed by atoms with Crippen LogP contribution in [-0.4, -0.2) is 45.2 Å². The molecular formula is C10H14N4O3. The molecule has 2 aromatic rings. The van der Waals surface area contributed by atoms with Crippen molar-refractivity contribution in [2.24, 2.45) is 7.05 Å². The van der Waals surface area contributed by atoms with E-state index in [0.29, 0.717) is 23.7 Å². The summed E-state index contributed by atoms with van der Waals surface area (Å²) >= 11 is 0. The Labute approximate surface area is 98.0 Å². The van der Waals surface area contributed by atoms with E-state index in [4.69, 9.17) is 14.6 Å². The van der Waals surface area contributed by atoms with Gasteiger partial charge in [0.25, 0.3) is 0 Å². The second-order valence-corrected chi connectivity index (χ2v) is 3.43. The maximum absolute atomic E-state index is 8.65. The molecule has 7 heteroatoms. The van der Waals surface area contributed by atoms with Crippen molar-refractivity contribution in [3.63, 3.8) is 0 Å². The molecule has 7 nitrogen and oxygen atoms in total. The third-order valence-electron chi connectivity index (χ3n) is 2.32. The fourth-order valence-corrected chi connectivity index (χ4v) is 1.62. The van der Waals surface area contributed by atoms with Gasteiger partial charge in [0.05, 0.1) is 26.9 Å². The van der Waals surface area contributed by atoms with Gasteiger partial charge in [0.2, 0.25) is 5.88 Å². The van der Waals surface area contributed by atoms with Crippen LogP contribution in [0, 0.1) is 0 Å². The summed E-state index contributed by atoms with van der Waals surface area (Å²) in [7, 11) is 3.35. The van der Waals surface area contributed by atoms with E-state index in [9.17, 15) is 0 Å². The highest BCUT2D eigenvalue weighted by atomic mass is 16.5. The van der Waals surface area contributed by atoms with Gasteiger partial charge in [-0.3, -0.25) is 4.68 Å². The molecular weight excluding hydrogens is 224 g/mol. The molecule has 0 spiro atoms. The lowest BCUT2D eigenvalue weighted by Gasteiger charge is -2.00. The van der Waals surface area contributed by atoms with E-state index in [2.05, 4.69) is 15.1 Å². The van der Waals surface area contributed by atoms with Gasteiger partial charge < -0.3 is 14.6 Å². The molecule has 0 saturated carbocycles. The van der Waals surface area contributed by atoms with Crippen molar-refractivity contribution in [2.45, 2.75) is 6.61 Å². The van der Waals surface area contributed by atoms with Crippen molar-refractivity contribution in [2.75, 3.05) is 20.3 Å². The van der Waals surface area contributed by atoms with Crippen LogP contribution in [0.4, 0.5) is 0 Å². The van der Waals surface area contributed by atoms with Crippen molar-refractivity contribution >= 4 is 11.0 Å². The number of aromatic nitrogens is 4. The standard InChI is InChI=1S/C10H14N4O3/c1-14-9-8(11-6-12-10(9)16-2)7(13-14)5-17-4-3-15/h6,15H,3-5H2,1-2H3.